The molecular formula is C14H27N. The maximum atomic E-state index is 2.74. The zero-order valence-corrected chi connectivity index (χ0v) is 10.5. The van der Waals surface area contributed by atoms with E-state index >= 15 is 0 Å². The summed E-state index contributed by atoms with van der Waals surface area (Å²) in [6.45, 7) is 8.82. The molecule has 2 aliphatic rings. The molecule has 0 amide bonds. The Morgan fingerprint density at radius 3 is 2.13 bits per heavy atom. The highest BCUT2D eigenvalue weighted by Gasteiger charge is 2.27. The lowest BCUT2D eigenvalue weighted by atomic mass is 9.80. The maximum absolute atomic E-state index is 2.74. The van der Waals surface area contributed by atoms with Gasteiger partial charge in [0, 0.05) is 19.6 Å². The first kappa shape index (κ1) is 11.4. The molecular weight excluding hydrogens is 182 g/mol. The summed E-state index contributed by atoms with van der Waals surface area (Å²) < 4.78 is 0. The predicted octanol–water partition coefficient (Wildman–Crippen LogP) is 3.54. The van der Waals surface area contributed by atoms with Crippen molar-refractivity contribution in [1.82, 2.24) is 4.90 Å². The molecule has 0 aromatic rings. The molecule has 0 N–H and O–H groups in total. The number of fused-ring (bicyclic) bond motifs is 2. The number of rotatable bonds is 2. The van der Waals surface area contributed by atoms with Gasteiger partial charge < -0.3 is 4.90 Å². The van der Waals surface area contributed by atoms with Crippen LogP contribution in [0.5, 0.6) is 0 Å². The van der Waals surface area contributed by atoms with E-state index < -0.39 is 0 Å². The highest BCUT2D eigenvalue weighted by molar-refractivity contribution is 4.81. The summed E-state index contributed by atoms with van der Waals surface area (Å²) in [6.07, 6.45) is 9.03. The molecule has 2 atom stereocenters. The Morgan fingerprint density at radius 2 is 1.60 bits per heavy atom. The van der Waals surface area contributed by atoms with Gasteiger partial charge in [0.1, 0.15) is 0 Å². The average molecular weight is 209 g/mol. The van der Waals surface area contributed by atoms with Crippen LogP contribution in [0.25, 0.3) is 0 Å². The third-order valence-electron chi connectivity index (χ3n) is 4.05. The van der Waals surface area contributed by atoms with Gasteiger partial charge in [-0.15, -0.1) is 0 Å². The Labute approximate surface area is 95.2 Å². The Hall–Kier alpha value is -0.0400. The molecule has 2 bridgehead atoms. The molecule has 0 aromatic heterocycles. The number of hydrogen-bond acceptors (Lipinski definition) is 1. The van der Waals surface area contributed by atoms with Gasteiger partial charge in [-0.1, -0.05) is 33.1 Å². The van der Waals surface area contributed by atoms with Gasteiger partial charge in [-0.2, -0.15) is 0 Å². The molecule has 1 saturated carbocycles. The van der Waals surface area contributed by atoms with Gasteiger partial charge in [0.2, 0.25) is 0 Å². The maximum Gasteiger partial charge on any atom is 0.000999 e. The third-order valence-corrected chi connectivity index (χ3v) is 4.05. The van der Waals surface area contributed by atoms with Crippen molar-refractivity contribution in [3.63, 3.8) is 0 Å². The molecule has 0 spiro atoms. The van der Waals surface area contributed by atoms with Gasteiger partial charge in [-0.05, 0) is 37.0 Å². The van der Waals surface area contributed by atoms with E-state index in [0.717, 1.165) is 17.8 Å². The van der Waals surface area contributed by atoms with E-state index in [2.05, 4.69) is 18.7 Å². The monoisotopic (exact) mass is 209 g/mol. The van der Waals surface area contributed by atoms with Crippen molar-refractivity contribution in [2.45, 2.75) is 52.4 Å². The van der Waals surface area contributed by atoms with Gasteiger partial charge in [0.15, 0.2) is 0 Å². The van der Waals surface area contributed by atoms with E-state index in [1.807, 2.05) is 0 Å². The largest absolute Gasteiger partial charge is 0.303 e. The normalized spacial score (nSPS) is 33.8. The first-order chi connectivity index (χ1) is 7.24. The number of piperidine rings is 1. The third kappa shape index (κ3) is 3.48. The van der Waals surface area contributed by atoms with E-state index in [1.165, 1.54) is 58.2 Å². The predicted molar refractivity (Wildman–Crippen MR) is 66.0 cm³/mol. The van der Waals surface area contributed by atoms with E-state index in [0.29, 0.717) is 0 Å². The first-order valence-corrected chi connectivity index (χ1v) is 6.96. The summed E-state index contributed by atoms with van der Waals surface area (Å²) >= 11 is 0. The van der Waals surface area contributed by atoms with Crippen molar-refractivity contribution in [3.05, 3.63) is 0 Å². The van der Waals surface area contributed by atoms with E-state index in [9.17, 15) is 0 Å². The summed E-state index contributed by atoms with van der Waals surface area (Å²) in [5.41, 5.74) is 0. The Balaban J connectivity index is 1.89. The number of likely N-dealkylation sites (tertiary alicyclic amines) is 1. The number of hydrogen-bond donors (Lipinski definition) is 0. The molecule has 1 aliphatic heterocycles. The molecule has 0 aromatic carbocycles. The van der Waals surface area contributed by atoms with Crippen LogP contribution in [0.4, 0.5) is 0 Å². The first-order valence-electron chi connectivity index (χ1n) is 6.96. The number of nitrogens with zero attached hydrogens (tertiary/aromatic N) is 1. The zero-order chi connectivity index (χ0) is 10.7. The second kappa shape index (κ2) is 5.34. The molecule has 1 aliphatic carbocycles. The minimum absolute atomic E-state index is 0.840. The second-order valence-corrected chi connectivity index (χ2v) is 6.22. The van der Waals surface area contributed by atoms with E-state index in [4.69, 9.17) is 0 Å². The van der Waals surface area contributed by atoms with Crippen LogP contribution in [0, 0.1) is 17.8 Å². The summed E-state index contributed by atoms with van der Waals surface area (Å²) in [5, 5.41) is 0. The molecule has 1 nitrogen and oxygen atoms in total. The minimum atomic E-state index is 0.840. The Morgan fingerprint density at radius 1 is 1.00 bits per heavy atom. The van der Waals surface area contributed by atoms with Crippen molar-refractivity contribution in [3.8, 4) is 0 Å². The summed E-state index contributed by atoms with van der Waals surface area (Å²) in [4.78, 5) is 2.74. The van der Waals surface area contributed by atoms with E-state index in [1.54, 1.807) is 0 Å². The Kier molecular flexibility index (Phi) is 4.07. The van der Waals surface area contributed by atoms with E-state index in [-0.39, 0.29) is 0 Å². The standard InChI is InChI=1S/C14H27N/c1-12(2)9-15-10-13-6-4-3-5-7-14(8-13)11-15/h12-14H,3-11H2,1-2H3. The van der Waals surface area contributed by atoms with Crippen molar-refractivity contribution in [2.75, 3.05) is 19.6 Å². The summed E-state index contributed by atoms with van der Waals surface area (Å²) in [7, 11) is 0. The summed E-state index contributed by atoms with van der Waals surface area (Å²) in [6, 6.07) is 0. The smallest absolute Gasteiger partial charge is 0.000999 e. The minimum Gasteiger partial charge on any atom is -0.303 e. The van der Waals surface area contributed by atoms with Gasteiger partial charge in [-0.25, -0.2) is 0 Å². The fraction of sp³-hybridized carbons (Fsp3) is 1.00. The molecule has 1 heterocycles. The van der Waals surface area contributed by atoms with Crippen molar-refractivity contribution >= 4 is 0 Å². The quantitative estimate of drug-likeness (QED) is 0.672. The van der Waals surface area contributed by atoms with Crippen LogP contribution >= 0.6 is 0 Å². The summed E-state index contributed by atoms with van der Waals surface area (Å²) in [5.74, 6) is 2.90. The van der Waals surface area contributed by atoms with Crippen LogP contribution in [0.15, 0.2) is 0 Å². The van der Waals surface area contributed by atoms with Gasteiger partial charge in [0.05, 0.1) is 0 Å². The fourth-order valence-corrected chi connectivity index (χ4v) is 3.55. The van der Waals surface area contributed by atoms with Crippen LogP contribution in [0.2, 0.25) is 0 Å². The highest BCUT2D eigenvalue weighted by atomic mass is 15.1. The lowest BCUT2D eigenvalue weighted by Gasteiger charge is -2.40. The highest BCUT2D eigenvalue weighted by Crippen LogP contribution is 2.32. The molecule has 2 rings (SSSR count). The van der Waals surface area contributed by atoms with Crippen molar-refractivity contribution in [1.29, 1.82) is 0 Å². The molecule has 2 fully saturated rings. The lowest BCUT2D eigenvalue weighted by Crippen LogP contribution is -2.42. The molecule has 1 heteroatoms. The molecule has 88 valence electrons. The lowest BCUT2D eigenvalue weighted by molar-refractivity contribution is 0.0940. The van der Waals surface area contributed by atoms with Crippen LogP contribution in [0.3, 0.4) is 0 Å². The van der Waals surface area contributed by atoms with Crippen LogP contribution in [-0.4, -0.2) is 24.5 Å². The molecule has 1 saturated heterocycles. The Bertz CT molecular complexity index is 174. The van der Waals surface area contributed by atoms with Crippen LogP contribution < -0.4 is 0 Å². The second-order valence-electron chi connectivity index (χ2n) is 6.22. The van der Waals surface area contributed by atoms with Crippen LogP contribution in [0.1, 0.15) is 52.4 Å². The molecule has 0 radical (unpaired) electrons. The van der Waals surface area contributed by atoms with Gasteiger partial charge in [-0.3, -0.25) is 0 Å². The molecule has 2 unspecified atom stereocenters. The van der Waals surface area contributed by atoms with Gasteiger partial charge >= 0.3 is 0 Å². The van der Waals surface area contributed by atoms with Crippen LogP contribution in [-0.2, 0) is 0 Å². The van der Waals surface area contributed by atoms with Crippen molar-refractivity contribution in [2.24, 2.45) is 17.8 Å². The SMILES string of the molecule is CC(C)CN1CC2CCCCCC(C2)C1. The zero-order valence-electron chi connectivity index (χ0n) is 10.5. The topological polar surface area (TPSA) is 3.24 Å². The fourth-order valence-electron chi connectivity index (χ4n) is 3.55. The van der Waals surface area contributed by atoms with Gasteiger partial charge in [0.25, 0.3) is 0 Å². The molecule has 15 heavy (non-hydrogen) atoms. The van der Waals surface area contributed by atoms with Crippen molar-refractivity contribution < 1.29 is 0 Å². The average Bonchev–Trinajstić information content (AvgIpc) is 2.13.